The first-order valence-electron chi connectivity index (χ1n) is 7.56. The molecule has 1 saturated heterocycles. The Hall–Kier alpha value is -0.190. The standard InChI is InChI=1S/C16H23ClN2O.2ClH/c1-20-16-11-13(4-5-14(16)17)15(10-12-2-3-12)19-8-6-18-7-9-19;;/h4-5,11-12,15,18H,2-3,6-10H2,1H3;2*1H/t15-;;/m0../s1. The molecular weight excluding hydrogens is 343 g/mol. The second kappa shape index (κ2) is 9.19. The number of piperazine rings is 1. The Morgan fingerprint density at radius 1 is 1.27 bits per heavy atom. The van der Waals surface area contributed by atoms with Crippen LogP contribution in [0.4, 0.5) is 0 Å². The molecule has 2 fully saturated rings. The van der Waals surface area contributed by atoms with Crippen molar-refractivity contribution in [2.75, 3.05) is 33.3 Å². The van der Waals surface area contributed by atoms with Gasteiger partial charge in [0.05, 0.1) is 12.1 Å². The van der Waals surface area contributed by atoms with Crippen LogP contribution in [-0.4, -0.2) is 38.2 Å². The molecule has 22 heavy (non-hydrogen) atoms. The first-order chi connectivity index (χ1) is 9.78. The van der Waals surface area contributed by atoms with Crippen LogP contribution in [-0.2, 0) is 0 Å². The van der Waals surface area contributed by atoms with Crippen LogP contribution in [0.25, 0.3) is 0 Å². The lowest BCUT2D eigenvalue weighted by Crippen LogP contribution is -2.45. The molecule has 1 aliphatic carbocycles. The van der Waals surface area contributed by atoms with E-state index in [4.69, 9.17) is 16.3 Å². The smallest absolute Gasteiger partial charge is 0.137 e. The predicted molar refractivity (Wildman–Crippen MR) is 97.0 cm³/mol. The Labute approximate surface area is 150 Å². The van der Waals surface area contributed by atoms with Crippen LogP contribution in [0.3, 0.4) is 0 Å². The van der Waals surface area contributed by atoms with E-state index in [0.717, 1.165) is 37.8 Å². The van der Waals surface area contributed by atoms with Crippen molar-refractivity contribution in [2.45, 2.75) is 25.3 Å². The third-order valence-electron chi connectivity index (χ3n) is 4.41. The number of ether oxygens (including phenoxy) is 1. The number of rotatable bonds is 5. The molecule has 6 heteroatoms. The molecule has 1 aromatic rings. The molecule has 0 unspecified atom stereocenters. The number of halogens is 3. The number of nitrogens with one attached hydrogen (secondary N) is 1. The van der Waals surface area contributed by atoms with Gasteiger partial charge in [-0.05, 0) is 30.0 Å². The van der Waals surface area contributed by atoms with Gasteiger partial charge in [0.15, 0.2) is 0 Å². The van der Waals surface area contributed by atoms with Crippen molar-refractivity contribution in [3.63, 3.8) is 0 Å². The summed E-state index contributed by atoms with van der Waals surface area (Å²) in [5.74, 6) is 1.71. The lowest BCUT2D eigenvalue weighted by Gasteiger charge is -2.35. The molecule has 3 nitrogen and oxygen atoms in total. The van der Waals surface area contributed by atoms with Gasteiger partial charge in [0, 0.05) is 32.2 Å². The van der Waals surface area contributed by atoms with Gasteiger partial charge in [-0.15, -0.1) is 24.8 Å². The molecule has 0 bridgehead atoms. The lowest BCUT2D eigenvalue weighted by molar-refractivity contribution is 0.160. The summed E-state index contributed by atoms with van der Waals surface area (Å²) >= 11 is 6.16. The molecule has 3 rings (SSSR count). The summed E-state index contributed by atoms with van der Waals surface area (Å²) in [6.45, 7) is 4.43. The van der Waals surface area contributed by atoms with Gasteiger partial charge < -0.3 is 10.1 Å². The summed E-state index contributed by atoms with van der Waals surface area (Å²) in [5, 5.41) is 4.13. The van der Waals surface area contributed by atoms with Gasteiger partial charge in [-0.1, -0.05) is 30.5 Å². The fourth-order valence-electron chi connectivity index (χ4n) is 3.04. The van der Waals surface area contributed by atoms with E-state index in [0.29, 0.717) is 11.1 Å². The van der Waals surface area contributed by atoms with E-state index < -0.39 is 0 Å². The number of benzene rings is 1. The van der Waals surface area contributed by atoms with Gasteiger partial charge in [-0.25, -0.2) is 0 Å². The van der Waals surface area contributed by atoms with Gasteiger partial charge in [0.25, 0.3) is 0 Å². The van der Waals surface area contributed by atoms with E-state index in [2.05, 4.69) is 22.3 Å². The zero-order chi connectivity index (χ0) is 13.9. The Morgan fingerprint density at radius 2 is 1.95 bits per heavy atom. The number of nitrogens with zero attached hydrogens (tertiary/aromatic N) is 1. The molecule has 1 heterocycles. The Bertz CT molecular complexity index is 463. The molecule has 0 radical (unpaired) electrons. The Balaban J connectivity index is 0.00000121. The molecule has 126 valence electrons. The molecular formula is C16H25Cl3N2O. The van der Waals surface area contributed by atoms with Crippen molar-refractivity contribution in [2.24, 2.45) is 5.92 Å². The van der Waals surface area contributed by atoms with Crippen LogP contribution < -0.4 is 10.1 Å². The van der Waals surface area contributed by atoms with Crippen LogP contribution in [0.1, 0.15) is 30.9 Å². The summed E-state index contributed by atoms with van der Waals surface area (Å²) in [6.07, 6.45) is 4.06. The minimum atomic E-state index is 0. The van der Waals surface area contributed by atoms with Gasteiger partial charge >= 0.3 is 0 Å². The third-order valence-corrected chi connectivity index (χ3v) is 4.72. The van der Waals surface area contributed by atoms with Crippen molar-refractivity contribution in [3.05, 3.63) is 28.8 Å². The van der Waals surface area contributed by atoms with Crippen molar-refractivity contribution in [1.29, 1.82) is 0 Å². The monoisotopic (exact) mass is 366 g/mol. The molecule has 0 aromatic heterocycles. The maximum atomic E-state index is 6.16. The first-order valence-corrected chi connectivity index (χ1v) is 7.94. The fraction of sp³-hybridized carbons (Fsp3) is 0.625. The molecule has 1 N–H and O–H groups in total. The van der Waals surface area contributed by atoms with Crippen LogP contribution in [0.2, 0.25) is 5.02 Å². The summed E-state index contributed by atoms with van der Waals surface area (Å²) in [7, 11) is 1.69. The molecule has 1 aliphatic heterocycles. The van der Waals surface area contributed by atoms with Crippen molar-refractivity contribution in [3.8, 4) is 5.75 Å². The predicted octanol–water partition coefficient (Wildman–Crippen LogP) is 3.94. The molecule has 1 saturated carbocycles. The van der Waals surface area contributed by atoms with Gasteiger partial charge in [-0.3, -0.25) is 4.90 Å². The second-order valence-corrected chi connectivity index (χ2v) is 6.28. The van der Waals surface area contributed by atoms with Gasteiger partial charge in [-0.2, -0.15) is 0 Å². The highest BCUT2D eigenvalue weighted by atomic mass is 35.5. The molecule has 2 aliphatic rings. The average Bonchev–Trinajstić information content (AvgIpc) is 3.30. The van der Waals surface area contributed by atoms with E-state index in [1.807, 2.05) is 6.07 Å². The van der Waals surface area contributed by atoms with Crippen LogP contribution in [0, 0.1) is 5.92 Å². The molecule has 0 spiro atoms. The Kier molecular flexibility index (Phi) is 8.29. The van der Waals surface area contributed by atoms with Gasteiger partial charge in [0.1, 0.15) is 5.75 Å². The average molecular weight is 368 g/mol. The van der Waals surface area contributed by atoms with E-state index >= 15 is 0 Å². The second-order valence-electron chi connectivity index (χ2n) is 5.87. The molecule has 1 atom stereocenters. The summed E-state index contributed by atoms with van der Waals surface area (Å²) in [4.78, 5) is 2.61. The van der Waals surface area contributed by atoms with E-state index in [1.54, 1.807) is 7.11 Å². The molecule has 1 aromatic carbocycles. The van der Waals surface area contributed by atoms with Crippen molar-refractivity contribution in [1.82, 2.24) is 10.2 Å². The topological polar surface area (TPSA) is 24.5 Å². The third kappa shape index (κ3) is 4.90. The maximum absolute atomic E-state index is 6.16. The first kappa shape index (κ1) is 19.9. The Morgan fingerprint density at radius 3 is 2.55 bits per heavy atom. The van der Waals surface area contributed by atoms with Crippen LogP contribution >= 0.6 is 36.4 Å². The number of methoxy groups -OCH3 is 1. The number of hydrogen-bond donors (Lipinski definition) is 1. The summed E-state index contributed by atoms with van der Waals surface area (Å²) in [5.41, 5.74) is 1.35. The number of hydrogen-bond acceptors (Lipinski definition) is 3. The minimum absolute atomic E-state index is 0. The summed E-state index contributed by atoms with van der Waals surface area (Å²) in [6, 6.07) is 6.77. The maximum Gasteiger partial charge on any atom is 0.137 e. The van der Waals surface area contributed by atoms with Crippen molar-refractivity contribution < 1.29 is 4.74 Å². The largest absolute Gasteiger partial charge is 0.495 e. The zero-order valence-corrected chi connectivity index (χ0v) is 15.3. The van der Waals surface area contributed by atoms with E-state index in [1.165, 1.54) is 24.8 Å². The summed E-state index contributed by atoms with van der Waals surface area (Å²) < 4.78 is 5.38. The highest BCUT2D eigenvalue weighted by Gasteiger charge is 2.30. The van der Waals surface area contributed by atoms with Crippen LogP contribution in [0.15, 0.2) is 18.2 Å². The van der Waals surface area contributed by atoms with Crippen molar-refractivity contribution >= 4 is 36.4 Å². The lowest BCUT2D eigenvalue weighted by atomic mass is 9.98. The quantitative estimate of drug-likeness (QED) is 0.853. The van der Waals surface area contributed by atoms with Gasteiger partial charge in [0.2, 0.25) is 0 Å². The highest BCUT2D eigenvalue weighted by molar-refractivity contribution is 6.32. The zero-order valence-electron chi connectivity index (χ0n) is 12.9. The normalized spacial score (nSPS) is 19.7. The SMILES string of the molecule is COc1cc([C@H](CC2CC2)N2CCNCC2)ccc1Cl.Cl.Cl. The van der Waals surface area contributed by atoms with E-state index in [9.17, 15) is 0 Å². The highest BCUT2D eigenvalue weighted by Crippen LogP contribution is 2.41. The van der Waals surface area contributed by atoms with E-state index in [-0.39, 0.29) is 24.8 Å². The van der Waals surface area contributed by atoms with Crippen LogP contribution in [0.5, 0.6) is 5.75 Å². The fourth-order valence-corrected chi connectivity index (χ4v) is 3.24. The molecule has 0 amide bonds. The minimum Gasteiger partial charge on any atom is -0.495 e.